The van der Waals surface area contributed by atoms with E-state index in [9.17, 15) is 4.79 Å². The Labute approximate surface area is 133 Å². The first-order valence-corrected chi connectivity index (χ1v) is 8.85. The summed E-state index contributed by atoms with van der Waals surface area (Å²) in [7, 11) is 0. The predicted octanol–water partition coefficient (Wildman–Crippen LogP) is 4.90. The highest BCUT2D eigenvalue weighted by atomic mass is 35.5. The van der Waals surface area contributed by atoms with Crippen LogP contribution in [-0.2, 0) is 4.79 Å². The Bertz CT molecular complexity index is 517. The van der Waals surface area contributed by atoms with Gasteiger partial charge in [0.2, 0.25) is 5.91 Å². The van der Waals surface area contributed by atoms with E-state index in [4.69, 9.17) is 23.2 Å². The summed E-state index contributed by atoms with van der Waals surface area (Å²) in [5.41, 5.74) is 0.973. The molecule has 1 aromatic rings. The molecule has 3 rings (SSSR count). The van der Waals surface area contributed by atoms with Gasteiger partial charge in [0, 0.05) is 11.6 Å². The second-order valence-electron chi connectivity index (χ2n) is 5.40. The predicted molar refractivity (Wildman–Crippen MR) is 85.4 cm³/mol. The number of carbonyl (C=O) groups excluding carboxylic acids is 1. The number of halogens is 2. The van der Waals surface area contributed by atoms with Gasteiger partial charge in [-0.05, 0) is 18.9 Å². The number of nitrogens with zero attached hydrogens (tertiary/aromatic N) is 1. The molecule has 20 heavy (non-hydrogen) atoms. The second kappa shape index (κ2) is 6.17. The largest absolute Gasteiger partial charge is 0.323 e. The lowest BCUT2D eigenvalue weighted by Gasteiger charge is -2.35. The molecule has 0 unspecified atom stereocenters. The van der Waals surface area contributed by atoms with E-state index >= 15 is 0 Å². The summed E-state index contributed by atoms with van der Waals surface area (Å²) in [6.45, 7) is 0. The summed E-state index contributed by atoms with van der Waals surface area (Å²) in [4.78, 5) is 14.3. The maximum atomic E-state index is 12.3. The minimum absolute atomic E-state index is 0.0248. The summed E-state index contributed by atoms with van der Waals surface area (Å²) in [5.74, 6) is 0.784. The van der Waals surface area contributed by atoms with Crippen LogP contribution >= 0.6 is 35.0 Å². The Morgan fingerprint density at radius 1 is 1.15 bits per heavy atom. The van der Waals surface area contributed by atoms with Crippen molar-refractivity contribution in [3.05, 3.63) is 33.8 Å². The van der Waals surface area contributed by atoms with Crippen molar-refractivity contribution in [2.45, 2.75) is 43.5 Å². The molecule has 108 valence electrons. The van der Waals surface area contributed by atoms with E-state index in [1.807, 2.05) is 12.1 Å². The molecule has 2 fully saturated rings. The van der Waals surface area contributed by atoms with Gasteiger partial charge in [0.1, 0.15) is 5.37 Å². The molecule has 0 spiro atoms. The molecule has 5 heteroatoms. The summed E-state index contributed by atoms with van der Waals surface area (Å²) in [5, 5.41) is 1.17. The van der Waals surface area contributed by atoms with Gasteiger partial charge in [-0.2, -0.15) is 0 Å². The van der Waals surface area contributed by atoms with Crippen molar-refractivity contribution < 1.29 is 4.79 Å². The van der Waals surface area contributed by atoms with Gasteiger partial charge in [-0.25, -0.2) is 0 Å². The van der Waals surface area contributed by atoms with Crippen LogP contribution in [0.3, 0.4) is 0 Å². The zero-order valence-corrected chi connectivity index (χ0v) is 13.5. The minimum atomic E-state index is 0.0248. The average molecular weight is 330 g/mol. The lowest BCUT2D eigenvalue weighted by Crippen LogP contribution is -2.39. The lowest BCUT2D eigenvalue weighted by molar-refractivity contribution is -0.131. The fraction of sp³-hybridized carbons (Fsp3) is 0.533. The van der Waals surface area contributed by atoms with Crippen LogP contribution in [0.25, 0.3) is 0 Å². The van der Waals surface area contributed by atoms with E-state index in [0.717, 1.165) is 18.4 Å². The quantitative estimate of drug-likeness (QED) is 0.769. The van der Waals surface area contributed by atoms with Crippen molar-refractivity contribution in [1.82, 2.24) is 4.90 Å². The normalized spacial score (nSPS) is 24.4. The molecule has 0 bridgehead atoms. The molecular formula is C15H17Cl2NOS. The minimum Gasteiger partial charge on any atom is -0.323 e. The van der Waals surface area contributed by atoms with Gasteiger partial charge in [0.25, 0.3) is 0 Å². The molecule has 0 aromatic heterocycles. The lowest BCUT2D eigenvalue weighted by atomic mass is 9.93. The Morgan fingerprint density at radius 3 is 2.65 bits per heavy atom. The summed E-state index contributed by atoms with van der Waals surface area (Å²) in [6, 6.07) is 6.05. The van der Waals surface area contributed by atoms with Crippen molar-refractivity contribution in [3.8, 4) is 0 Å². The Balaban J connectivity index is 1.91. The van der Waals surface area contributed by atoms with E-state index < -0.39 is 0 Å². The van der Waals surface area contributed by atoms with Gasteiger partial charge in [-0.15, -0.1) is 11.8 Å². The molecule has 1 aromatic carbocycles. The Morgan fingerprint density at radius 2 is 1.90 bits per heavy atom. The smallest absolute Gasteiger partial charge is 0.234 e. The Hall–Kier alpha value is -0.380. The first-order valence-electron chi connectivity index (χ1n) is 7.05. The topological polar surface area (TPSA) is 20.3 Å². The number of rotatable bonds is 2. The van der Waals surface area contributed by atoms with Gasteiger partial charge in [-0.3, -0.25) is 4.79 Å². The van der Waals surface area contributed by atoms with E-state index in [-0.39, 0.29) is 11.3 Å². The van der Waals surface area contributed by atoms with E-state index in [0.29, 0.717) is 21.8 Å². The average Bonchev–Trinajstić information content (AvgIpc) is 2.84. The second-order valence-corrected chi connectivity index (χ2v) is 7.25. The van der Waals surface area contributed by atoms with Crippen molar-refractivity contribution >= 4 is 40.9 Å². The van der Waals surface area contributed by atoms with Crippen LogP contribution < -0.4 is 0 Å². The van der Waals surface area contributed by atoms with E-state index in [1.54, 1.807) is 17.8 Å². The SMILES string of the molecule is O=C1CS[C@H](c2cccc(Cl)c2Cl)N1C1CCCCC1. The van der Waals surface area contributed by atoms with Crippen LogP contribution in [0, 0.1) is 0 Å². The molecule has 2 nitrogen and oxygen atoms in total. The van der Waals surface area contributed by atoms with Crippen molar-refractivity contribution in [1.29, 1.82) is 0 Å². The van der Waals surface area contributed by atoms with Crippen LogP contribution in [0.5, 0.6) is 0 Å². The highest BCUT2D eigenvalue weighted by Gasteiger charge is 2.39. The number of amides is 1. The van der Waals surface area contributed by atoms with E-state index in [2.05, 4.69) is 4.90 Å². The van der Waals surface area contributed by atoms with Gasteiger partial charge < -0.3 is 4.90 Å². The number of carbonyl (C=O) groups is 1. The first kappa shape index (κ1) is 14.6. The number of hydrogen-bond donors (Lipinski definition) is 0. The van der Waals surface area contributed by atoms with E-state index in [1.165, 1.54) is 19.3 Å². The van der Waals surface area contributed by atoms with Crippen LogP contribution in [0.1, 0.15) is 43.0 Å². The maximum absolute atomic E-state index is 12.3. The molecule has 2 aliphatic rings. The van der Waals surface area contributed by atoms with Crippen molar-refractivity contribution in [3.63, 3.8) is 0 Å². The van der Waals surface area contributed by atoms with Crippen molar-refractivity contribution in [2.75, 3.05) is 5.75 Å². The number of hydrogen-bond acceptors (Lipinski definition) is 2. The zero-order chi connectivity index (χ0) is 14.1. The van der Waals surface area contributed by atoms with Gasteiger partial charge in [0.05, 0.1) is 15.8 Å². The zero-order valence-electron chi connectivity index (χ0n) is 11.1. The molecule has 1 aliphatic heterocycles. The summed E-state index contributed by atoms with van der Waals surface area (Å²) < 4.78 is 0. The third-order valence-corrected chi connectivity index (χ3v) is 6.16. The molecule has 1 heterocycles. The Kier molecular flexibility index (Phi) is 4.49. The molecule has 1 atom stereocenters. The van der Waals surface area contributed by atoms with Gasteiger partial charge in [-0.1, -0.05) is 54.6 Å². The molecular weight excluding hydrogens is 313 g/mol. The van der Waals surface area contributed by atoms with Crippen LogP contribution in [0.2, 0.25) is 10.0 Å². The monoisotopic (exact) mass is 329 g/mol. The highest BCUT2D eigenvalue weighted by molar-refractivity contribution is 8.00. The third-order valence-electron chi connectivity index (χ3n) is 4.12. The fourth-order valence-electron chi connectivity index (χ4n) is 3.14. The van der Waals surface area contributed by atoms with Gasteiger partial charge in [0.15, 0.2) is 0 Å². The first-order chi connectivity index (χ1) is 9.68. The third kappa shape index (κ3) is 2.68. The molecule has 1 saturated carbocycles. The molecule has 1 saturated heterocycles. The van der Waals surface area contributed by atoms with Crippen LogP contribution in [-0.4, -0.2) is 22.6 Å². The number of thioether (sulfide) groups is 1. The molecule has 0 N–H and O–H groups in total. The van der Waals surface area contributed by atoms with Crippen LogP contribution in [0.4, 0.5) is 0 Å². The molecule has 1 amide bonds. The standard InChI is InChI=1S/C15H17Cl2NOS/c16-12-8-4-7-11(14(12)17)15-18(13(19)9-20-15)10-5-2-1-3-6-10/h4,7-8,10,15H,1-3,5-6,9H2/t15-/m1/s1. The van der Waals surface area contributed by atoms with Gasteiger partial charge >= 0.3 is 0 Å². The molecule has 0 radical (unpaired) electrons. The highest BCUT2D eigenvalue weighted by Crippen LogP contribution is 2.45. The van der Waals surface area contributed by atoms with Crippen molar-refractivity contribution in [2.24, 2.45) is 0 Å². The van der Waals surface area contributed by atoms with Crippen LogP contribution in [0.15, 0.2) is 18.2 Å². The fourth-order valence-corrected chi connectivity index (χ4v) is 4.89. The summed E-state index contributed by atoms with van der Waals surface area (Å²) >= 11 is 14.1. The summed E-state index contributed by atoms with van der Waals surface area (Å²) in [6.07, 6.45) is 5.94. The molecule has 1 aliphatic carbocycles. The maximum Gasteiger partial charge on any atom is 0.234 e. The number of benzene rings is 1.